The molecule has 0 saturated heterocycles. The molecule has 0 aliphatic carbocycles. The number of anilines is 1. The van der Waals surface area contributed by atoms with Crippen molar-refractivity contribution in [3.63, 3.8) is 0 Å². The lowest BCUT2D eigenvalue weighted by Gasteiger charge is -2.28. The van der Waals surface area contributed by atoms with E-state index in [9.17, 15) is 9.59 Å². The van der Waals surface area contributed by atoms with Crippen LogP contribution in [0.3, 0.4) is 0 Å². The average molecular weight is 265 g/mol. The Morgan fingerprint density at radius 2 is 2.11 bits per heavy atom. The summed E-state index contributed by atoms with van der Waals surface area (Å²) in [6, 6.07) is 3.12. The molecule has 1 aromatic heterocycles. The van der Waals surface area contributed by atoms with Gasteiger partial charge in [0.15, 0.2) is 0 Å². The van der Waals surface area contributed by atoms with Crippen molar-refractivity contribution in [2.45, 2.75) is 33.2 Å². The van der Waals surface area contributed by atoms with E-state index in [-0.39, 0.29) is 12.6 Å². The largest absolute Gasteiger partial charge is 0.480 e. The van der Waals surface area contributed by atoms with E-state index in [4.69, 9.17) is 10.8 Å². The van der Waals surface area contributed by atoms with Crippen LogP contribution in [0, 0.1) is 6.92 Å². The number of hydrogen-bond acceptors (Lipinski definition) is 4. The SMILES string of the molecule is CCC(C)N(CC(=O)O)c1cc(C(N)=O)cc(C)n1. The number of nitrogens with zero attached hydrogens (tertiary/aromatic N) is 2. The van der Waals surface area contributed by atoms with Crippen molar-refractivity contribution in [1.82, 2.24) is 4.98 Å². The maximum absolute atomic E-state index is 11.2. The van der Waals surface area contributed by atoms with Gasteiger partial charge in [0, 0.05) is 17.3 Å². The lowest BCUT2D eigenvalue weighted by Crippen LogP contribution is -2.38. The summed E-state index contributed by atoms with van der Waals surface area (Å²) < 4.78 is 0. The summed E-state index contributed by atoms with van der Waals surface area (Å²) in [4.78, 5) is 28.1. The standard InChI is InChI=1S/C13H19N3O3/c1-4-9(3)16(7-12(17)18)11-6-10(13(14)19)5-8(2)15-11/h5-6,9H,4,7H2,1-3H3,(H2,14,19)(H,17,18). The van der Waals surface area contributed by atoms with Gasteiger partial charge in [-0.3, -0.25) is 9.59 Å². The van der Waals surface area contributed by atoms with Gasteiger partial charge in [0.2, 0.25) is 5.91 Å². The van der Waals surface area contributed by atoms with Crippen molar-refractivity contribution in [3.05, 3.63) is 23.4 Å². The Bertz CT molecular complexity index is 488. The first-order chi connectivity index (χ1) is 8.85. The number of carbonyl (C=O) groups excluding carboxylic acids is 1. The van der Waals surface area contributed by atoms with Crippen LogP contribution >= 0.6 is 0 Å². The molecule has 1 aromatic rings. The lowest BCUT2D eigenvalue weighted by molar-refractivity contribution is -0.135. The average Bonchev–Trinajstić information content (AvgIpc) is 2.33. The molecule has 1 heterocycles. The van der Waals surface area contributed by atoms with Gasteiger partial charge in [-0.05, 0) is 32.4 Å². The number of amides is 1. The molecule has 19 heavy (non-hydrogen) atoms. The molecule has 0 aliphatic rings. The molecule has 0 saturated carbocycles. The summed E-state index contributed by atoms with van der Waals surface area (Å²) >= 11 is 0. The number of pyridine rings is 1. The van der Waals surface area contributed by atoms with Crippen LogP contribution in [0.5, 0.6) is 0 Å². The zero-order valence-electron chi connectivity index (χ0n) is 11.4. The minimum Gasteiger partial charge on any atom is -0.480 e. The fraction of sp³-hybridized carbons (Fsp3) is 0.462. The third-order valence-corrected chi connectivity index (χ3v) is 2.95. The molecule has 0 aromatic carbocycles. The van der Waals surface area contributed by atoms with E-state index in [1.54, 1.807) is 17.9 Å². The summed E-state index contributed by atoms with van der Waals surface area (Å²) in [5.74, 6) is -1.03. The molecule has 6 heteroatoms. The molecule has 6 nitrogen and oxygen atoms in total. The topological polar surface area (TPSA) is 96.5 Å². The Kier molecular flexibility index (Phi) is 4.86. The highest BCUT2D eigenvalue weighted by atomic mass is 16.4. The molecule has 0 fully saturated rings. The number of aromatic nitrogens is 1. The highest BCUT2D eigenvalue weighted by Crippen LogP contribution is 2.18. The van der Waals surface area contributed by atoms with Gasteiger partial charge in [0.25, 0.3) is 0 Å². The summed E-state index contributed by atoms with van der Waals surface area (Å²) in [6.07, 6.45) is 0.773. The Hall–Kier alpha value is -2.11. The van der Waals surface area contributed by atoms with Crippen LogP contribution in [0.1, 0.15) is 36.3 Å². The summed E-state index contributed by atoms with van der Waals surface area (Å²) in [5.41, 5.74) is 6.22. The van der Waals surface area contributed by atoms with Crippen LogP contribution in [0.25, 0.3) is 0 Å². The highest BCUT2D eigenvalue weighted by Gasteiger charge is 2.19. The molecule has 1 unspecified atom stereocenters. The van der Waals surface area contributed by atoms with E-state index in [0.717, 1.165) is 6.42 Å². The molecule has 0 aliphatic heterocycles. The first kappa shape index (κ1) is 14.9. The lowest BCUT2D eigenvalue weighted by atomic mass is 10.1. The molecule has 1 rings (SSSR count). The van der Waals surface area contributed by atoms with Gasteiger partial charge < -0.3 is 15.7 Å². The van der Waals surface area contributed by atoms with Crippen LogP contribution in [0.2, 0.25) is 0 Å². The minimum absolute atomic E-state index is 0.00567. The Labute approximate surface area is 112 Å². The number of hydrogen-bond donors (Lipinski definition) is 2. The van der Waals surface area contributed by atoms with Gasteiger partial charge >= 0.3 is 5.97 Å². The van der Waals surface area contributed by atoms with Crippen molar-refractivity contribution < 1.29 is 14.7 Å². The van der Waals surface area contributed by atoms with Crippen molar-refractivity contribution in [3.8, 4) is 0 Å². The molecule has 1 amide bonds. The van der Waals surface area contributed by atoms with Gasteiger partial charge in [-0.2, -0.15) is 0 Å². The number of carboxylic acids is 1. The maximum Gasteiger partial charge on any atom is 0.323 e. The van der Waals surface area contributed by atoms with Gasteiger partial charge in [0.1, 0.15) is 12.4 Å². The summed E-state index contributed by atoms with van der Waals surface area (Å²) in [6.45, 7) is 5.45. The third-order valence-electron chi connectivity index (χ3n) is 2.95. The van der Waals surface area contributed by atoms with Gasteiger partial charge in [0.05, 0.1) is 0 Å². The zero-order chi connectivity index (χ0) is 14.6. The quantitative estimate of drug-likeness (QED) is 0.805. The fourth-order valence-electron chi connectivity index (χ4n) is 1.77. The number of carbonyl (C=O) groups is 2. The number of primary amides is 1. The fourth-order valence-corrected chi connectivity index (χ4v) is 1.77. The van der Waals surface area contributed by atoms with Gasteiger partial charge in [-0.1, -0.05) is 6.92 Å². The monoisotopic (exact) mass is 265 g/mol. The number of rotatable bonds is 6. The van der Waals surface area contributed by atoms with E-state index in [2.05, 4.69) is 4.98 Å². The van der Waals surface area contributed by atoms with Crippen LogP contribution < -0.4 is 10.6 Å². The molecule has 0 radical (unpaired) electrons. The van der Waals surface area contributed by atoms with Gasteiger partial charge in [-0.25, -0.2) is 4.98 Å². The number of aliphatic carboxylic acids is 1. The van der Waals surface area contributed by atoms with Crippen LogP contribution in [0.4, 0.5) is 5.82 Å². The minimum atomic E-state index is -0.941. The van der Waals surface area contributed by atoms with Gasteiger partial charge in [-0.15, -0.1) is 0 Å². The van der Waals surface area contributed by atoms with E-state index in [1.807, 2.05) is 13.8 Å². The first-order valence-electron chi connectivity index (χ1n) is 6.12. The van der Waals surface area contributed by atoms with Crippen molar-refractivity contribution in [2.24, 2.45) is 5.73 Å². The molecular weight excluding hydrogens is 246 g/mol. The van der Waals surface area contributed by atoms with Crippen molar-refractivity contribution in [2.75, 3.05) is 11.4 Å². The molecular formula is C13H19N3O3. The Balaban J connectivity index is 3.21. The second-order valence-corrected chi connectivity index (χ2v) is 4.50. The van der Waals surface area contributed by atoms with Crippen molar-refractivity contribution in [1.29, 1.82) is 0 Å². The molecule has 3 N–H and O–H groups in total. The normalized spacial score (nSPS) is 11.9. The Morgan fingerprint density at radius 1 is 1.47 bits per heavy atom. The van der Waals surface area contributed by atoms with E-state index >= 15 is 0 Å². The molecule has 0 bridgehead atoms. The van der Waals surface area contributed by atoms with Crippen molar-refractivity contribution >= 4 is 17.7 Å². The highest BCUT2D eigenvalue weighted by molar-refractivity contribution is 5.93. The Morgan fingerprint density at radius 3 is 2.58 bits per heavy atom. The molecule has 1 atom stereocenters. The third kappa shape index (κ3) is 3.94. The summed E-state index contributed by atoms with van der Waals surface area (Å²) in [7, 11) is 0. The van der Waals surface area contributed by atoms with Crippen LogP contribution in [-0.2, 0) is 4.79 Å². The van der Waals surface area contributed by atoms with E-state index < -0.39 is 11.9 Å². The predicted octanol–water partition coefficient (Wildman–Crippen LogP) is 1.18. The second kappa shape index (κ2) is 6.17. The first-order valence-corrected chi connectivity index (χ1v) is 6.12. The number of aryl methyl sites for hydroxylation is 1. The smallest absolute Gasteiger partial charge is 0.323 e. The predicted molar refractivity (Wildman–Crippen MR) is 72.2 cm³/mol. The summed E-state index contributed by atoms with van der Waals surface area (Å²) in [5, 5.41) is 8.98. The van der Waals surface area contributed by atoms with E-state index in [1.165, 1.54) is 6.07 Å². The van der Waals surface area contributed by atoms with E-state index in [0.29, 0.717) is 17.1 Å². The van der Waals surface area contributed by atoms with Crippen LogP contribution in [-0.4, -0.2) is 34.6 Å². The maximum atomic E-state index is 11.2. The zero-order valence-corrected chi connectivity index (χ0v) is 11.4. The number of nitrogens with two attached hydrogens (primary N) is 1. The second-order valence-electron chi connectivity index (χ2n) is 4.50. The molecule has 0 spiro atoms. The number of carboxylic acid groups (broad SMARTS) is 1. The van der Waals surface area contributed by atoms with Crippen LogP contribution in [0.15, 0.2) is 12.1 Å². The molecule has 104 valence electrons.